The Kier molecular flexibility index (Phi) is 9.25. The molecule has 0 spiro atoms. The molecule has 5 N–H and O–H groups in total. The summed E-state index contributed by atoms with van der Waals surface area (Å²) in [6.45, 7) is 1.62. The molecule has 1 atom stereocenters. The summed E-state index contributed by atoms with van der Waals surface area (Å²) in [6, 6.07) is 7.41. The van der Waals surface area contributed by atoms with E-state index in [1.54, 1.807) is 12.1 Å². The monoisotopic (exact) mass is 551 g/mol. The molecule has 1 aliphatic heterocycles. The molecule has 12 heteroatoms. The van der Waals surface area contributed by atoms with E-state index >= 15 is 0 Å². The van der Waals surface area contributed by atoms with Crippen molar-refractivity contribution in [3.05, 3.63) is 73.6 Å². The molecule has 2 aromatic rings. The summed E-state index contributed by atoms with van der Waals surface area (Å²) in [4.78, 5) is 49.8. The fourth-order valence-corrected chi connectivity index (χ4v) is 5.20. The average molecular weight is 552 g/mol. The van der Waals surface area contributed by atoms with E-state index in [-0.39, 0.29) is 40.0 Å². The van der Waals surface area contributed by atoms with Crippen molar-refractivity contribution in [1.82, 2.24) is 16.0 Å². The number of nitrogens with one attached hydrogen (secondary N) is 3. The number of halogens is 2. The van der Waals surface area contributed by atoms with Gasteiger partial charge in [-0.1, -0.05) is 40.9 Å². The summed E-state index contributed by atoms with van der Waals surface area (Å²) in [5, 5.41) is 26.2. The summed E-state index contributed by atoms with van der Waals surface area (Å²) in [6.07, 6.45) is 0.785. The number of phenols is 1. The number of hydrogen-bond donors (Lipinski definition) is 5. The molecule has 190 valence electrons. The Balaban J connectivity index is 1.66. The molecule has 2 aromatic carbocycles. The van der Waals surface area contributed by atoms with Crippen molar-refractivity contribution < 1.29 is 29.4 Å². The first-order valence-electron chi connectivity index (χ1n) is 10.8. The maximum atomic E-state index is 12.8. The van der Waals surface area contributed by atoms with E-state index in [0.29, 0.717) is 10.5 Å². The minimum absolute atomic E-state index is 0.0621. The van der Waals surface area contributed by atoms with Crippen molar-refractivity contribution in [2.75, 3.05) is 12.3 Å². The van der Waals surface area contributed by atoms with E-state index < -0.39 is 29.7 Å². The number of aromatic hydroxyl groups is 1. The van der Waals surface area contributed by atoms with Crippen molar-refractivity contribution >= 4 is 58.7 Å². The number of carbonyl (C=O) groups excluding carboxylic acids is 3. The highest BCUT2D eigenvalue weighted by Crippen LogP contribution is 2.31. The maximum absolute atomic E-state index is 12.8. The van der Waals surface area contributed by atoms with Gasteiger partial charge in [-0.2, -0.15) is 0 Å². The summed E-state index contributed by atoms with van der Waals surface area (Å²) < 4.78 is 0. The molecule has 9 nitrogen and oxygen atoms in total. The van der Waals surface area contributed by atoms with Crippen LogP contribution in [-0.2, 0) is 16.1 Å². The van der Waals surface area contributed by atoms with Crippen LogP contribution in [-0.4, -0.2) is 52.2 Å². The summed E-state index contributed by atoms with van der Waals surface area (Å²) in [7, 11) is 0. The Morgan fingerprint density at radius 1 is 1.03 bits per heavy atom. The fourth-order valence-electron chi connectivity index (χ4n) is 3.38. The number of amides is 3. The number of phenolic OH excluding ortho intramolecular Hbond substituents is 1. The Hall–Kier alpha value is -3.21. The number of hydrogen-bond acceptors (Lipinski definition) is 6. The Morgan fingerprint density at radius 2 is 1.72 bits per heavy atom. The molecule has 0 radical (unpaired) electrons. The Bertz CT molecular complexity index is 1230. The molecule has 1 heterocycles. The van der Waals surface area contributed by atoms with Gasteiger partial charge in [0.05, 0.1) is 20.5 Å². The summed E-state index contributed by atoms with van der Waals surface area (Å²) in [5.74, 6) is -2.30. The smallest absolute Gasteiger partial charge is 0.328 e. The number of carboxylic acids is 1. The van der Waals surface area contributed by atoms with Gasteiger partial charge in [0.1, 0.15) is 11.8 Å². The average Bonchev–Trinajstić information content (AvgIpc) is 3.25. The normalized spacial score (nSPS) is 13.8. The van der Waals surface area contributed by atoms with Gasteiger partial charge in [-0.25, -0.2) is 4.79 Å². The van der Waals surface area contributed by atoms with Crippen LogP contribution in [0.4, 0.5) is 0 Å². The molecule has 3 amide bonds. The van der Waals surface area contributed by atoms with E-state index in [0.717, 1.165) is 17.7 Å². The minimum atomic E-state index is -1.44. The lowest BCUT2D eigenvalue weighted by atomic mass is 10.1. The largest absolute Gasteiger partial charge is 0.508 e. The minimum Gasteiger partial charge on any atom is -0.508 e. The van der Waals surface area contributed by atoms with Crippen LogP contribution < -0.4 is 16.0 Å². The number of benzene rings is 2. The number of aliphatic carboxylic acids is 1. The van der Waals surface area contributed by atoms with Crippen LogP contribution in [0.2, 0.25) is 10.0 Å². The van der Waals surface area contributed by atoms with E-state index in [1.165, 1.54) is 36.0 Å². The van der Waals surface area contributed by atoms with Crippen LogP contribution >= 0.6 is 35.0 Å². The second-order valence-electron chi connectivity index (χ2n) is 7.95. The molecular formula is C24H23Cl2N3O6S. The van der Waals surface area contributed by atoms with Crippen molar-refractivity contribution in [2.45, 2.75) is 25.9 Å². The third-order valence-corrected chi connectivity index (χ3v) is 7.11. The molecular weight excluding hydrogens is 529 g/mol. The van der Waals surface area contributed by atoms with Crippen LogP contribution in [0.25, 0.3) is 0 Å². The molecule has 0 unspecified atom stereocenters. The number of thioether (sulfide) groups is 1. The highest BCUT2D eigenvalue weighted by atomic mass is 35.5. The van der Waals surface area contributed by atoms with Crippen LogP contribution in [0, 0.1) is 0 Å². The number of rotatable bonds is 9. The SMILES string of the molecule is CC1=C(C(=O)NC[C@H](NC(=O)c2c(Cl)cc(C(=O)NCc3cccc(O)c3)cc2Cl)C(=O)O)SCC1. The molecule has 0 aliphatic carbocycles. The van der Waals surface area contributed by atoms with Gasteiger partial charge in [0.15, 0.2) is 0 Å². The number of allylic oxidation sites excluding steroid dienone is 1. The third kappa shape index (κ3) is 6.93. The number of carboxylic acid groups (broad SMARTS) is 1. The van der Waals surface area contributed by atoms with Crippen LogP contribution in [0.1, 0.15) is 39.6 Å². The molecule has 0 fully saturated rings. The lowest BCUT2D eigenvalue weighted by Gasteiger charge is -2.17. The summed E-state index contributed by atoms with van der Waals surface area (Å²) in [5.41, 5.74) is 1.48. The van der Waals surface area contributed by atoms with Gasteiger partial charge in [0.25, 0.3) is 17.7 Å². The van der Waals surface area contributed by atoms with Crippen LogP contribution in [0.5, 0.6) is 5.75 Å². The van der Waals surface area contributed by atoms with Gasteiger partial charge in [0, 0.05) is 24.4 Å². The Morgan fingerprint density at radius 3 is 2.31 bits per heavy atom. The molecule has 0 aromatic heterocycles. The zero-order valence-electron chi connectivity index (χ0n) is 19.1. The van der Waals surface area contributed by atoms with E-state index in [9.17, 15) is 29.4 Å². The van der Waals surface area contributed by atoms with Gasteiger partial charge >= 0.3 is 5.97 Å². The molecule has 0 saturated carbocycles. The topological polar surface area (TPSA) is 145 Å². The third-order valence-electron chi connectivity index (χ3n) is 5.28. The molecule has 0 saturated heterocycles. The van der Waals surface area contributed by atoms with E-state index in [4.69, 9.17) is 23.2 Å². The predicted molar refractivity (Wildman–Crippen MR) is 137 cm³/mol. The van der Waals surface area contributed by atoms with Gasteiger partial charge in [0.2, 0.25) is 0 Å². The van der Waals surface area contributed by atoms with Gasteiger partial charge in [-0.05, 0) is 43.2 Å². The van der Waals surface area contributed by atoms with Gasteiger partial charge in [-0.3, -0.25) is 14.4 Å². The highest BCUT2D eigenvalue weighted by molar-refractivity contribution is 8.04. The highest BCUT2D eigenvalue weighted by Gasteiger charge is 2.26. The maximum Gasteiger partial charge on any atom is 0.328 e. The van der Waals surface area contributed by atoms with Gasteiger partial charge < -0.3 is 26.2 Å². The summed E-state index contributed by atoms with van der Waals surface area (Å²) >= 11 is 13.8. The van der Waals surface area contributed by atoms with E-state index in [2.05, 4.69) is 16.0 Å². The second kappa shape index (κ2) is 12.2. The fraction of sp³-hybridized carbons (Fsp3) is 0.250. The van der Waals surface area contributed by atoms with Crippen molar-refractivity contribution in [3.8, 4) is 5.75 Å². The molecule has 0 bridgehead atoms. The number of carbonyl (C=O) groups is 4. The predicted octanol–water partition coefficient (Wildman–Crippen LogP) is 3.34. The second-order valence-corrected chi connectivity index (χ2v) is 9.87. The van der Waals surface area contributed by atoms with Crippen molar-refractivity contribution in [1.29, 1.82) is 0 Å². The first kappa shape index (κ1) is 27.4. The lowest BCUT2D eigenvalue weighted by Crippen LogP contribution is -2.48. The molecule has 1 aliphatic rings. The van der Waals surface area contributed by atoms with E-state index in [1.807, 2.05) is 6.92 Å². The molecule has 36 heavy (non-hydrogen) atoms. The van der Waals surface area contributed by atoms with Crippen LogP contribution in [0.3, 0.4) is 0 Å². The van der Waals surface area contributed by atoms with Crippen LogP contribution in [0.15, 0.2) is 46.9 Å². The lowest BCUT2D eigenvalue weighted by molar-refractivity contribution is -0.139. The Labute approximate surface area is 221 Å². The molecule has 3 rings (SSSR count). The van der Waals surface area contributed by atoms with Crippen molar-refractivity contribution in [2.24, 2.45) is 0 Å². The van der Waals surface area contributed by atoms with Crippen molar-refractivity contribution in [3.63, 3.8) is 0 Å². The first-order valence-corrected chi connectivity index (χ1v) is 12.5. The first-order chi connectivity index (χ1) is 17.1. The standard InChI is InChI=1S/C24H23Cl2N3O6S/c1-12-5-6-36-20(12)23(33)28-11-18(24(34)35)29-22(32)19-16(25)8-14(9-17(19)26)21(31)27-10-13-3-2-4-15(30)7-13/h2-4,7-9,18,30H,5-6,10-11H2,1H3,(H,27,31)(H,28,33)(H,29,32)(H,34,35)/t18-/m0/s1. The zero-order valence-corrected chi connectivity index (χ0v) is 21.4. The zero-order chi connectivity index (χ0) is 26.4. The quantitative estimate of drug-likeness (QED) is 0.321. The van der Waals surface area contributed by atoms with Gasteiger partial charge in [-0.15, -0.1) is 11.8 Å².